The number of ether oxygens (including phenoxy) is 1. The largest absolute Gasteiger partial charge is 0.384 e. The molecule has 1 saturated carbocycles. The maximum atomic E-state index is 12.7. The zero-order valence-electron chi connectivity index (χ0n) is 16.5. The van der Waals surface area contributed by atoms with Gasteiger partial charge in [-0.1, -0.05) is 34.6 Å². The van der Waals surface area contributed by atoms with E-state index in [0.717, 1.165) is 19.3 Å². The second-order valence-corrected chi connectivity index (χ2v) is 9.72. The maximum absolute atomic E-state index is 12.7. The fourth-order valence-electron chi connectivity index (χ4n) is 4.01. The number of hydrogen-bond acceptors (Lipinski definition) is 4. The highest BCUT2D eigenvalue weighted by atomic mass is 16.5. The Morgan fingerprint density at radius 3 is 2.24 bits per heavy atom. The molecular formula is C19H34N2O4. The molecule has 2 aliphatic rings. The molecule has 2 fully saturated rings. The number of likely N-dealkylation sites (tertiary alicyclic amines) is 1. The highest BCUT2D eigenvalue weighted by molar-refractivity contribution is 5.83. The number of nitrogens with zero attached hydrogens (tertiary/aromatic N) is 1. The lowest BCUT2D eigenvalue weighted by Gasteiger charge is -2.49. The molecule has 1 atom stereocenters. The Hall–Kier alpha value is -1.14. The van der Waals surface area contributed by atoms with Crippen LogP contribution in [0.5, 0.6) is 0 Å². The predicted molar refractivity (Wildman–Crippen MR) is 95.9 cm³/mol. The van der Waals surface area contributed by atoms with Gasteiger partial charge >= 0.3 is 0 Å². The second-order valence-electron chi connectivity index (χ2n) is 9.72. The molecule has 6 nitrogen and oxygen atoms in total. The van der Waals surface area contributed by atoms with Gasteiger partial charge in [-0.3, -0.25) is 9.59 Å². The van der Waals surface area contributed by atoms with Crippen molar-refractivity contribution in [3.05, 3.63) is 0 Å². The summed E-state index contributed by atoms with van der Waals surface area (Å²) in [7, 11) is 1.54. The van der Waals surface area contributed by atoms with E-state index in [2.05, 4.69) is 26.1 Å². The SMILES string of the molecule is COC(C(=O)NCC1(O)CN(C(=O)C(C)(C)CC(C)(C)C)C1)C1CC1. The minimum absolute atomic E-state index is 0.0613. The van der Waals surface area contributed by atoms with E-state index < -0.39 is 17.1 Å². The van der Waals surface area contributed by atoms with E-state index in [4.69, 9.17) is 4.74 Å². The van der Waals surface area contributed by atoms with E-state index in [0.29, 0.717) is 5.92 Å². The van der Waals surface area contributed by atoms with Crippen molar-refractivity contribution in [2.45, 2.75) is 65.6 Å². The van der Waals surface area contributed by atoms with E-state index in [-0.39, 0.29) is 36.9 Å². The third-order valence-electron chi connectivity index (χ3n) is 4.96. The zero-order valence-corrected chi connectivity index (χ0v) is 16.5. The molecule has 1 heterocycles. The Morgan fingerprint density at radius 1 is 1.24 bits per heavy atom. The van der Waals surface area contributed by atoms with Crippen LogP contribution in [0.1, 0.15) is 53.9 Å². The van der Waals surface area contributed by atoms with E-state index in [9.17, 15) is 14.7 Å². The van der Waals surface area contributed by atoms with Crippen LogP contribution in [0.25, 0.3) is 0 Å². The fraction of sp³-hybridized carbons (Fsp3) is 0.895. The second kappa shape index (κ2) is 6.88. The molecule has 1 unspecified atom stereocenters. The van der Waals surface area contributed by atoms with Crippen molar-refractivity contribution in [2.24, 2.45) is 16.7 Å². The van der Waals surface area contributed by atoms with Crippen LogP contribution in [-0.4, -0.2) is 60.3 Å². The standard InChI is InChI=1S/C19H34N2O4/c1-17(2,3)9-18(4,5)16(23)21-11-19(24,12-21)10-20-15(22)14(25-6)13-7-8-13/h13-14,24H,7-12H2,1-6H3,(H,20,22). The molecule has 1 aliphatic carbocycles. The van der Waals surface area contributed by atoms with Crippen LogP contribution >= 0.6 is 0 Å². The van der Waals surface area contributed by atoms with Crippen molar-refractivity contribution in [3.63, 3.8) is 0 Å². The monoisotopic (exact) mass is 354 g/mol. The third kappa shape index (κ3) is 5.17. The van der Waals surface area contributed by atoms with Gasteiger partial charge in [-0.05, 0) is 30.6 Å². The van der Waals surface area contributed by atoms with E-state index in [1.54, 1.807) is 12.0 Å². The lowest BCUT2D eigenvalue weighted by atomic mass is 9.74. The Bertz CT molecular complexity index is 514. The number of amides is 2. The number of carbonyl (C=O) groups excluding carboxylic acids is 2. The topological polar surface area (TPSA) is 78.9 Å². The summed E-state index contributed by atoms with van der Waals surface area (Å²) >= 11 is 0. The summed E-state index contributed by atoms with van der Waals surface area (Å²) in [6.45, 7) is 11.0. The molecule has 0 spiro atoms. The van der Waals surface area contributed by atoms with Crippen molar-refractivity contribution in [3.8, 4) is 0 Å². The Labute approximate surface area is 151 Å². The van der Waals surface area contributed by atoms with E-state index in [1.165, 1.54) is 0 Å². The molecule has 2 N–H and O–H groups in total. The van der Waals surface area contributed by atoms with Crippen LogP contribution in [0.4, 0.5) is 0 Å². The molecule has 6 heteroatoms. The zero-order chi connectivity index (χ0) is 19.0. The van der Waals surface area contributed by atoms with Crippen LogP contribution in [-0.2, 0) is 14.3 Å². The summed E-state index contributed by atoms with van der Waals surface area (Å²) in [5.74, 6) is 0.194. The number of methoxy groups -OCH3 is 1. The average molecular weight is 354 g/mol. The van der Waals surface area contributed by atoms with E-state index >= 15 is 0 Å². The first-order valence-corrected chi connectivity index (χ1v) is 9.19. The molecule has 144 valence electrons. The molecular weight excluding hydrogens is 320 g/mol. The van der Waals surface area contributed by atoms with Crippen molar-refractivity contribution >= 4 is 11.8 Å². The van der Waals surface area contributed by atoms with E-state index in [1.807, 2.05) is 13.8 Å². The minimum Gasteiger partial charge on any atom is -0.384 e. The number of carbonyl (C=O) groups is 2. The van der Waals surface area contributed by atoms with Gasteiger partial charge < -0.3 is 20.1 Å². The summed E-state index contributed by atoms with van der Waals surface area (Å²) in [6, 6.07) is 0. The molecule has 0 bridgehead atoms. The Kier molecular flexibility index (Phi) is 5.55. The average Bonchev–Trinajstić information content (AvgIpc) is 3.24. The molecule has 25 heavy (non-hydrogen) atoms. The molecule has 0 radical (unpaired) electrons. The lowest BCUT2D eigenvalue weighted by Crippen LogP contribution is -2.69. The van der Waals surface area contributed by atoms with Crippen LogP contribution in [0, 0.1) is 16.7 Å². The summed E-state index contributed by atoms with van der Waals surface area (Å²) in [4.78, 5) is 26.5. The smallest absolute Gasteiger partial charge is 0.249 e. The molecule has 1 aliphatic heterocycles. The molecule has 0 aromatic rings. The maximum Gasteiger partial charge on any atom is 0.249 e. The van der Waals surface area contributed by atoms with Gasteiger partial charge in [-0.25, -0.2) is 0 Å². The number of nitrogens with one attached hydrogen (secondary N) is 1. The first-order valence-electron chi connectivity index (χ1n) is 9.19. The first-order chi connectivity index (χ1) is 11.4. The molecule has 0 aromatic heterocycles. The number of rotatable bonds is 7. The Balaban J connectivity index is 1.81. The minimum atomic E-state index is -1.04. The molecule has 0 aromatic carbocycles. The summed E-state index contributed by atoms with van der Waals surface area (Å²) < 4.78 is 5.25. The third-order valence-corrected chi connectivity index (χ3v) is 4.96. The Morgan fingerprint density at radius 2 is 1.80 bits per heavy atom. The van der Waals surface area contributed by atoms with Crippen LogP contribution in [0.3, 0.4) is 0 Å². The van der Waals surface area contributed by atoms with Crippen LogP contribution in [0.15, 0.2) is 0 Å². The highest BCUT2D eigenvalue weighted by Crippen LogP contribution is 2.37. The van der Waals surface area contributed by atoms with Gasteiger partial charge in [0.2, 0.25) is 11.8 Å². The van der Waals surface area contributed by atoms with Gasteiger partial charge in [0.25, 0.3) is 0 Å². The summed E-state index contributed by atoms with van der Waals surface area (Å²) in [5, 5.41) is 13.3. The van der Waals surface area contributed by atoms with Crippen LogP contribution in [0.2, 0.25) is 0 Å². The van der Waals surface area contributed by atoms with Gasteiger partial charge in [0.1, 0.15) is 11.7 Å². The number of β-amino-alcohol motifs (C(OH)–C–C–N with tert-alkyl or cyclic N) is 1. The molecule has 2 rings (SSSR count). The van der Waals surface area contributed by atoms with Gasteiger partial charge in [-0.2, -0.15) is 0 Å². The quantitative estimate of drug-likeness (QED) is 0.727. The van der Waals surface area contributed by atoms with Crippen molar-refractivity contribution in [2.75, 3.05) is 26.7 Å². The van der Waals surface area contributed by atoms with Crippen molar-refractivity contribution in [1.29, 1.82) is 0 Å². The molecule has 2 amide bonds. The van der Waals surface area contributed by atoms with Crippen molar-refractivity contribution < 1.29 is 19.4 Å². The van der Waals surface area contributed by atoms with Crippen LogP contribution < -0.4 is 5.32 Å². The number of hydrogen-bond donors (Lipinski definition) is 2. The van der Waals surface area contributed by atoms with Crippen molar-refractivity contribution in [1.82, 2.24) is 10.2 Å². The van der Waals surface area contributed by atoms with Gasteiger partial charge in [0.05, 0.1) is 13.1 Å². The number of aliphatic hydroxyl groups is 1. The van der Waals surface area contributed by atoms with Gasteiger partial charge in [-0.15, -0.1) is 0 Å². The summed E-state index contributed by atoms with van der Waals surface area (Å²) in [6.07, 6.45) is 2.39. The first kappa shape index (κ1) is 20.2. The molecule has 1 saturated heterocycles. The van der Waals surface area contributed by atoms with Gasteiger partial charge in [0, 0.05) is 19.1 Å². The normalized spacial score (nSPS) is 21.5. The summed E-state index contributed by atoms with van der Waals surface area (Å²) in [5.41, 5.74) is -1.44. The highest BCUT2D eigenvalue weighted by Gasteiger charge is 2.48. The lowest BCUT2D eigenvalue weighted by molar-refractivity contribution is -0.165. The predicted octanol–water partition coefficient (Wildman–Crippen LogP) is 1.56. The fourth-order valence-corrected chi connectivity index (χ4v) is 4.01. The van der Waals surface area contributed by atoms with Gasteiger partial charge in [0.15, 0.2) is 0 Å².